The van der Waals surface area contributed by atoms with Crippen molar-refractivity contribution >= 4 is 35.9 Å². The number of hydrazine groups is 1. The second-order valence-electron chi connectivity index (χ2n) is 7.82. The van der Waals surface area contributed by atoms with E-state index in [1.54, 1.807) is 42.7 Å². The fourth-order valence-corrected chi connectivity index (χ4v) is 3.34. The molecular weight excluding hydrogens is 486 g/mol. The van der Waals surface area contributed by atoms with E-state index in [4.69, 9.17) is 4.74 Å². The van der Waals surface area contributed by atoms with Crippen molar-refractivity contribution < 1.29 is 33.5 Å². The van der Waals surface area contributed by atoms with Crippen LogP contribution in [0.5, 0.6) is 0 Å². The Morgan fingerprint density at radius 3 is 2.54 bits per heavy atom. The van der Waals surface area contributed by atoms with Crippen LogP contribution in [0.3, 0.4) is 0 Å². The highest BCUT2D eigenvalue weighted by molar-refractivity contribution is 6.05. The number of hydrogen-bond acceptors (Lipinski definition) is 10. The van der Waals surface area contributed by atoms with Gasteiger partial charge in [0, 0.05) is 25.9 Å². The number of urea groups is 1. The van der Waals surface area contributed by atoms with Gasteiger partial charge in [0.05, 0.1) is 13.0 Å². The molecule has 1 aromatic heterocycles. The van der Waals surface area contributed by atoms with Crippen molar-refractivity contribution in [2.75, 3.05) is 18.4 Å². The number of hydrogen-bond donors (Lipinski definition) is 3. The van der Waals surface area contributed by atoms with Crippen molar-refractivity contribution in [3.8, 4) is 0 Å². The third kappa shape index (κ3) is 8.16. The second kappa shape index (κ2) is 13.4. The van der Waals surface area contributed by atoms with E-state index in [2.05, 4.69) is 25.4 Å². The molecule has 2 heterocycles. The minimum atomic E-state index is -0.981. The maximum atomic E-state index is 12.8. The molecule has 14 heteroatoms. The lowest BCUT2D eigenvalue weighted by Gasteiger charge is -2.27. The molecule has 0 aliphatic carbocycles. The lowest BCUT2D eigenvalue weighted by Crippen LogP contribution is -2.50. The van der Waals surface area contributed by atoms with E-state index in [0.717, 1.165) is 17.5 Å². The molecular formula is C23H27N7O7. The van der Waals surface area contributed by atoms with E-state index in [1.807, 2.05) is 11.5 Å². The number of ether oxygens (including phenoxy) is 1. The van der Waals surface area contributed by atoms with Gasteiger partial charge in [-0.2, -0.15) is 5.01 Å². The SMILES string of the molecule is CC(=O)N(CCC(=O)ONC(=O)OCc1ccccc1)N1C(=O)N[C@@H](CCCNc2ncccn2)C1=O. The van der Waals surface area contributed by atoms with Crippen LogP contribution in [0.1, 0.15) is 31.7 Å². The zero-order valence-electron chi connectivity index (χ0n) is 20.1. The fourth-order valence-electron chi connectivity index (χ4n) is 3.34. The molecule has 0 bridgehead atoms. The van der Waals surface area contributed by atoms with E-state index < -0.39 is 42.4 Å². The van der Waals surface area contributed by atoms with Gasteiger partial charge in [-0.1, -0.05) is 30.3 Å². The number of benzene rings is 1. The molecule has 1 aromatic carbocycles. The first kappa shape index (κ1) is 26.8. The Labute approximate surface area is 212 Å². The molecule has 1 aliphatic heterocycles. The highest BCUT2D eigenvalue weighted by Gasteiger charge is 2.42. The highest BCUT2D eigenvalue weighted by Crippen LogP contribution is 2.15. The van der Waals surface area contributed by atoms with Gasteiger partial charge in [0.2, 0.25) is 11.9 Å². The van der Waals surface area contributed by atoms with E-state index in [1.165, 1.54) is 0 Å². The average Bonchev–Trinajstić information content (AvgIpc) is 3.18. The van der Waals surface area contributed by atoms with Crippen LogP contribution in [-0.2, 0) is 30.6 Å². The molecule has 1 fully saturated rings. The molecule has 196 valence electrons. The highest BCUT2D eigenvalue weighted by atomic mass is 16.7. The minimum Gasteiger partial charge on any atom is -0.443 e. The first-order valence-electron chi connectivity index (χ1n) is 11.4. The lowest BCUT2D eigenvalue weighted by atomic mass is 10.1. The van der Waals surface area contributed by atoms with Gasteiger partial charge in [0.25, 0.3) is 5.91 Å². The standard InChI is InChI=1S/C23H27N7O7/c1-16(31)29(14-10-19(32)37-28-23(35)36-15-17-7-3-2-4-8-17)30-20(33)18(27-22(30)34)9-5-11-24-21-25-12-6-13-26-21/h2-4,6-8,12-13,18H,5,9-11,14-15H2,1H3,(H,27,34)(H,28,35)(H,24,25,26)/t18-/m0/s1. The summed E-state index contributed by atoms with van der Waals surface area (Å²) in [5.41, 5.74) is 2.60. The van der Waals surface area contributed by atoms with Crippen molar-refractivity contribution in [3.63, 3.8) is 0 Å². The molecule has 1 saturated heterocycles. The van der Waals surface area contributed by atoms with E-state index in [9.17, 15) is 24.0 Å². The predicted octanol–water partition coefficient (Wildman–Crippen LogP) is 1.13. The number of hydroxylamine groups is 1. The summed E-state index contributed by atoms with van der Waals surface area (Å²) in [5.74, 6) is -1.71. The molecule has 0 radical (unpaired) electrons. The van der Waals surface area contributed by atoms with Crippen LogP contribution in [0.4, 0.5) is 15.5 Å². The fraction of sp³-hybridized carbons (Fsp3) is 0.348. The number of carbonyl (C=O) groups excluding carboxylic acids is 5. The monoisotopic (exact) mass is 513 g/mol. The van der Waals surface area contributed by atoms with Crippen molar-refractivity contribution in [3.05, 3.63) is 54.4 Å². The summed E-state index contributed by atoms with van der Waals surface area (Å²) in [5, 5.41) is 7.06. The van der Waals surface area contributed by atoms with Crippen LogP contribution in [-0.4, -0.2) is 69.0 Å². The van der Waals surface area contributed by atoms with Gasteiger partial charge in [-0.3, -0.25) is 9.59 Å². The molecule has 0 spiro atoms. The van der Waals surface area contributed by atoms with Crippen LogP contribution in [0.25, 0.3) is 0 Å². The van der Waals surface area contributed by atoms with Gasteiger partial charge < -0.3 is 20.2 Å². The first-order valence-corrected chi connectivity index (χ1v) is 11.4. The number of nitrogens with zero attached hydrogens (tertiary/aromatic N) is 4. The topological polar surface area (TPSA) is 172 Å². The summed E-state index contributed by atoms with van der Waals surface area (Å²) in [6, 6.07) is 8.97. The van der Waals surface area contributed by atoms with Crippen LogP contribution >= 0.6 is 0 Å². The molecule has 3 rings (SSSR count). The van der Waals surface area contributed by atoms with Gasteiger partial charge in [0.15, 0.2) is 0 Å². The van der Waals surface area contributed by atoms with Gasteiger partial charge in [-0.05, 0) is 24.5 Å². The summed E-state index contributed by atoms with van der Waals surface area (Å²) >= 11 is 0. The number of carbonyl (C=O) groups is 5. The number of aromatic nitrogens is 2. The average molecular weight is 514 g/mol. The largest absolute Gasteiger partial charge is 0.443 e. The Hall–Kier alpha value is -4.75. The third-order valence-electron chi connectivity index (χ3n) is 5.11. The number of anilines is 1. The molecule has 0 unspecified atom stereocenters. The minimum absolute atomic E-state index is 0.0220. The number of imide groups is 1. The Balaban J connectivity index is 1.41. The van der Waals surface area contributed by atoms with Crippen LogP contribution in [0, 0.1) is 0 Å². The van der Waals surface area contributed by atoms with E-state index in [0.29, 0.717) is 30.3 Å². The van der Waals surface area contributed by atoms with Crippen molar-refractivity contribution in [1.29, 1.82) is 0 Å². The van der Waals surface area contributed by atoms with E-state index in [-0.39, 0.29) is 13.2 Å². The molecule has 1 atom stereocenters. The van der Waals surface area contributed by atoms with Crippen LogP contribution in [0.15, 0.2) is 48.8 Å². The Morgan fingerprint density at radius 1 is 1.11 bits per heavy atom. The Bertz CT molecular complexity index is 1100. The van der Waals surface area contributed by atoms with Gasteiger partial charge in [0.1, 0.15) is 12.6 Å². The van der Waals surface area contributed by atoms with Gasteiger partial charge >= 0.3 is 18.1 Å². The molecule has 0 saturated carbocycles. The summed E-state index contributed by atoms with van der Waals surface area (Å²) in [6.07, 6.45) is 2.62. The van der Waals surface area contributed by atoms with Crippen LogP contribution in [0.2, 0.25) is 0 Å². The molecule has 14 nitrogen and oxygen atoms in total. The van der Waals surface area contributed by atoms with Gasteiger partial charge in [-0.25, -0.2) is 29.4 Å². The summed E-state index contributed by atoms with van der Waals surface area (Å²) in [4.78, 5) is 73.8. The number of nitrogens with one attached hydrogen (secondary N) is 3. The Morgan fingerprint density at radius 2 is 1.84 bits per heavy atom. The lowest BCUT2D eigenvalue weighted by molar-refractivity contribution is -0.158. The predicted molar refractivity (Wildman–Crippen MR) is 127 cm³/mol. The Kier molecular flexibility index (Phi) is 9.70. The van der Waals surface area contributed by atoms with Crippen molar-refractivity contribution in [2.45, 2.75) is 38.8 Å². The van der Waals surface area contributed by atoms with Crippen molar-refractivity contribution in [1.82, 2.24) is 30.8 Å². The maximum absolute atomic E-state index is 12.8. The van der Waals surface area contributed by atoms with E-state index >= 15 is 0 Å². The first-order chi connectivity index (χ1) is 17.8. The zero-order chi connectivity index (χ0) is 26.6. The molecule has 1 aliphatic rings. The second-order valence-corrected chi connectivity index (χ2v) is 7.82. The van der Waals surface area contributed by atoms with Gasteiger partial charge in [-0.15, -0.1) is 5.48 Å². The van der Waals surface area contributed by atoms with Crippen LogP contribution < -0.4 is 16.1 Å². The number of rotatable bonds is 11. The quantitative estimate of drug-likeness (QED) is 0.225. The molecule has 3 N–H and O–H groups in total. The zero-order valence-corrected chi connectivity index (χ0v) is 20.1. The molecule has 37 heavy (non-hydrogen) atoms. The normalized spacial score (nSPS) is 14.5. The maximum Gasteiger partial charge on any atom is 0.441 e. The summed E-state index contributed by atoms with van der Waals surface area (Å²) in [7, 11) is 0. The smallest absolute Gasteiger partial charge is 0.441 e. The summed E-state index contributed by atoms with van der Waals surface area (Å²) in [6.45, 7) is 1.27. The third-order valence-corrected chi connectivity index (χ3v) is 5.11. The summed E-state index contributed by atoms with van der Waals surface area (Å²) < 4.78 is 4.92. The number of amides is 5. The van der Waals surface area contributed by atoms with Crippen molar-refractivity contribution in [2.24, 2.45) is 0 Å². The molecule has 2 aromatic rings. The molecule has 5 amide bonds.